The van der Waals surface area contributed by atoms with Crippen LogP contribution >= 0.6 is 0 Å². The first-order chi connectivity index (χ1) is 14.8. The van der Waals surface area contributed by atoms with Gasteiger partial charge in [-0.25, -0.2) is 0 Å². The van der Waals surface area contributed by atoms with Crippen LogP contribution < -0.4 is 4.74 Å². The van der Waals surface area contributed by atoms with Crippen LogP contribution in [0, 0.1) is 0 Å². The lowest BCUT2D eigenvalue weighted by atomic mass is 10.0. The zero-order chi connectivity index (χ0) is 21.3. The summed E-state index contributed by atoms with van der Waals surface area (Å²) >= 11 is 0. The van der Waals surface area contributed by atoms with Crippen LogP contribution in [-0.2, 0) is 12.8 Å². The molecule has 0 aromatic heterocycles. The first-order valence-corrected chi connectivity index (χ1v) is 12.6. The fourth-order valence-corrected chi connectivity index (χ4v) is 3.96. The van der Waals surface area contributed by atoms with Crippen LogP contribution in [-0.4, -0.2) is 6.61 Å². The number of hydrogen-bond donors (Lipinski definition) is 0. The quantitative estimate of drug-likeness (QED) is 0.237. The third-order valence-electron chi connectivity index (χ3n) is 5.92. The van der Waals surface area contributed by atoms with E-state index in [-0.39, 0.29) is 0 Å². The van der Waals surface area contributed by atoms with Gasteiger partial charge in [0.05, 0.1) is 6.61 Å². The van der Waals surface area contributed by atoms with Gasteiger partial charge in [0.15, 0.2) is 0 Å². The monoisotopic (exact) mass is 408 g/mol. The van der Waals surface area contributed by atoms with Crippen molar-refractivity contribution in [2.24, 2.45) is 0 Å². The fourth-order valence-electron chi connectivity index (χ4n) is 3.96. The van der Waals surface area contributed by atoms with Gasteiger partial charge in [0.1, 0.15) is 5.75 Å². The molecular weight excluding hydrogens is 364 g/mol. The van der Waals surface area contributed by atoms with Gasteiger partial charge in [-0.05, 0) is 54.5 Å². The molecule has 2 rings (SSSR count). The lowest BCUT2D eigenvalue weighted by Gasteiger charge is -2.08. The Balaban J connectivity index is 1.61. The van der Waals surface area contributed by atoms with E-state index < -0.39 is 0 Å². The topological polar surface area (TPSA) is 9.23 Å². The average molecular weight is 409 g/mol. The molecule has 30 heavy (non-hydrogen) atoms. The van der Waals surface area contributed by atoms with E-state index >= 15 is 0 Å². The van der Waals surface area contributed by atoms with Gasteiger partial charge in [0, 0.05) is 0 Å². The van der Waals surface area contributed by atoms with Crippen molar-refractivity contribution in [1.29, 1.82) is 0 Å². The normalized spacial score (nSPS) is 11.0. The minimum absolute atomic E-state index is 0.813. The van der Waals surface area contributed by atoms with Crippen molar-refractivity contribution >= 4 is 0 Å². The van der Waals surface area contributed by atoms with Gasteiger partial charge in [-0.15, -0.1) is 0 Å². The molecule has 0 bridgehead atoms. The molecule has 0 spiro atoms. The number of unbranched alkanes of at least 4 members (excludes halogenated alkanes) is 10. The van der Waals surface area contributed by atoms with Crippen LogP contribution in [0.1, 0.15) is 108 Å². The van der Waals surface area contributed by atoms with Gasteiger partial charge >= 0.3 is 0 Å². The van der Waals surface area contributed by atoms with Crippen molar-refractivity contribution in [2.45, 2.75) is 104 Å². The summed E-state index contributed by atoms with van der Waals surface area (Å²) in [5, 5.41) is 0. The third-order valence-corrected chi connectivity index (χ3v) is 5.92. The molecule has 0 saturated heterocycles. The predicted octanol–water partition coefficient (Wildman–Crippen LogP) is 8.92. The van der Waals surface area contributed by atoms with E-state index in [2.05, 4.69) is 62.4 Å². The van der Waals surface area contributed by atoms with Crippen molar-refractivity contribution < 1.29 is 4.74 Å². The SMILES string of the molecule is CCCCCCCCCCCCc1ccc(Cc2cccc(OCCCC)c2)cc1. The Labute approximate surface area is 186 Å². The number of rotatable bonds is 17. The second-order valence-corrected chi connectivity index (χ2v) is 8.77. The zero-order valence-electron chi connectivity index (χ0n) is 19.6. The van der Waals surface area contributed by atoms with Crippen LogP contribution in [0.5, 0.6) is 5.75 Å². The molecule has 0 saturated carbocycles. The van der Waals surface area contributed by atoms with Crippen molar-refractivity contribution in [2.75, 3.05) is 6.61 Å². The standard InChI is InChI=1S/C29H44O/c1-3-5-7-8-9-10-11-12-13-14-16-26-19-21-27(22-20-26)24-28-17-15-18-29(25-28)30-23-6-4-2/h15,17-22,25H,3-14,16,23-24H2,1-2H3. The molecule has 0 atom stereocenters. The second kappa shape index (κ2) is 16.0. The molecule has 0 amide bonds. The molecule has 0 fully saturated rings. The second-order valence-electron chi connectivity index (χ2n) is 8.77. The van der Waals surface area contributed by atoms with Gasteiger partial charge in [0.2, 0.25) is 0 Å². The van der Waals surface area contributed by atoms with E-state index in [4.69, 9.17) is 4.74 Å². The number of hydrogen-bond acceptors (Lipinski definition) is 1. The Hall–Kier alpha value is -1.76. The van der Waals surface area contributed by atoms with Crippen LogP contribution in [0.25, 0.3) is 0 Å². The number of ether oxygens (including phenoxy) is 1. The lowest BCUT2D eigenvalue weighted by molar-refractivity contribution is 0.309. The van der Waals surface area contributed by atoms with Gasteiger partial charge in [-0.3, -0.25) is 0 Å². The fraction of sp³-hybridized carbons (Fsp3) is 0.586. The highest BCUT2D eigenvalue weighted by atomic mass is 16.5. The van der Waals surface area contributed by atoms with Crippen molar-refractivity contribution in [3.8, 4) is 5.75 Å². The van der Waals surface area contributed by atoms with Crippen LogP contribution in [0.4, 0.5) is 0 Å². The van der Waals surface area contributed by atoms with Gasteiger partial charge < -0.3 is 4.74 Å². The Bertz CT molecular complexity index is 658. The minimum Gasteiger partial charge on any atom is -0.494 e. The van der Waals surface area contributed by atoms with E-state index in [1.807, 2.05) is 0 Å². The molecule has 166 valence electrons. The molecule has 0 radical (unpaired) electrons. The first-order valence-electron chi connectivity index (χ1n) is 12.6. The van der Waals surface area contributed by atoms with E-state index in [0.717, 1.165) is 25.2 Å². The van der Waals surface area contributed by atoms with Crippen molar-refractivity contribution in [3.05, 3.63) is 65.2 Å². The number of benzene rings is 2. The number of aryl methyl sites for hydroxylation is 1. The third kappa shape index (κ3) is 10.9. The first kappa shape index (κ1) is 24.5. The molecule has 0 aliphatic heterocycles. The van der Waals surface area contributed by atoms with E-state index in [9.17, 15) is 0 Å². The summed E-state index contributed by atoms with van der Waals surface area (Å²) in [6.07, 6.45) is 18.5. The van der Waals surface area contributed by atoms with Crippen LogP contribution in [0.15, 0.2) is 48.5 Å². The maximum Gasteiger partial charge on any atom is 0.119 e. The molecule has 0 aliphatic rings. The summed E-state index contributed by atoms with van der Waals surface area (Å²) in [5.41, 5.74) is 4.19. The van der Waals surface area contributed by atoms with Crippen molar-refractivity contribution in [3.63, 3.8) is 0 Å². The smallest absolute Gasteiger partial charge is 0.119 e. The Morgan fingerprint density at radius 1 is 0.567 bits per heavy atom. The largest absolute Gasteiger partial charge is 0.494 e. The van der Waals surface area contributed by atoms with Crippen LogP contribution in [0.2, 0.25) is 0 Å². The lowest BCUT2D eigenvalue weighted by Crippen LogP contribution is -1.97. The molecule has 2 aromatic rings. The summed E-state index contributed by atoms with van der Waals surface area (Å²) in [7, 11) is 0. The average Bonchev–Trinajstić information content (AvgIpc) is 2.77. The molecule has 1 nitrogen and oxygen atoms in total. The molecule has 0 N–H and O–H groups in total. The predicted molar refractivity (Wildman–Crippen MR) is 132 cm³/mol. The minimum atomic E-state index is 0.813. The Kier molecular flexibility index (Phi) is 13.1. The summed E-state index contributed by atoms with van der Waals surface area (Å²) in [6, 6.07) is 17.8. The van der Waals surface area contributed by atoms with Gasteiger partial charge in [-0.1, -0.05) is 114 Å². The highest BCUT2D eigenvalue weighted by molar-refractivity contribution is 5.33. The molecule has 0 aliphatic carbocycles. The molecule has 2 aromatic carbocycles. The summed E-state index contributed by atoms with van der Waals surface area (Å²) < 4.78 is 5.85. The highest BCUT2D eigenvalue weighted by Crippen LogP contribution is 2.18. The Morgan fingerprint density at radius 3 is 1.83 bits per heavy atom. The Morgan fingerprint density at radius 2 is 1.17 bits per heavy atom. The maximum absolute atomic E-state index is 5.85. The molecule has 0 heterocycles. The summed E-state index contributed by atoms with van der Waals surface area (Å²) in [4.78, 5) is 0. The molecule has 1 heteroatoms. The zero-order valence-corrected chi connectivity index (χ0v) is 19.6. The van der Waals surface area contributed by atoms with E-state index in [1.165, 1.54) is 93.7 Å². The van der Waals surface area contributed by atoms with E-state index in [1.54, 1.807) is 0 Å². The van der Waals surface area contributed by atoms with E-state index in [0.29, 0.717) is 0 Å². The molecule has 0 unspecified atom stereocenters. The maximum atomic E-state index is 5.85. The highest BCUT2D eigenvalue weighted by Gasteiger charge is 2.01. The van der Waals surface area contributed by atoms with Gasteiger partial charge in [-0.2, -0.15) is 0 Å². The van der Waals surface area contributed by atoms with Crippen LogP contribution in [0.3, 0.4) is 0 Å². The van der Waals surface area contributed by atoms with Crippen molar-refractivity contribution in [1.82, 2.24) is 0 Å². The summed E-state index contributed by atoms with van der Waals surface area (Å²) in [6.45, 7) is 5.30. The summed E-state index contributed by atoms with van der Waals surface area (Å²) in [5.74, 6) is 0.999. The van der Waals surface area contributed by atoms with Gasteiger partial charge in [0.25, 0.3) is 0 Å². The molecular formula is C29H44O.